The number of hydrogen-bond acceptors (Lipinski definition) is 3. The van der Waals surface area contributed by atoms with E-state index in [1.54, 1.807) is 0 Å². The molecule has 1 aromatic rings. The molecule has 0 bridgehead atoms. The van der Waals surface area contributed by atoms with Crippen LogP contribution in [0.2, 0.25) is 5.02 Å². The highest BCUT2D eigenvalue weighted by molar-refractivity contribution is 6.35. The minimum atomic E-state index is -1.03. The molecule has 104 valence electrons. The summed E-state index contributed by atoms with van der Waals surface area (Å²) in [6.07, 6.45) is 4.73. The average Bonchev–Trinajstić information content (AvgIpc) is 2.43. The van der Waals surface area contributed by atoms with Gasteiger partial charge in [0.1, 0.15) is 5.02 Å². The van der Waals surface area contributed by atoms with E-state index >= 15 is 0 Å². The van der Waals surface area contributed by atoms with Gasteiger partial charge in [-0.25, -0.2) is 4.39 Å². The fraction of sp³-hybridized carbons (Fsp3) is 0.462. The number of phenols is 2. The van der Waals surface area contributed by atoms with Crippen molar-refractivity contribution in [1.29, 1.82) is 0 Å². The van der Waals surface area contributed by atoms with Crippen LogP contribution in [0.4, 0.5) is 10.1 Å². The van der Waals surface area contributed by atoms with Crippen LogP contribution in [0.3, 0.4) is 0 Å². The highest BCUT2D eigenvalue weighted by atomic mass is 35.5. The van der Waals surface area contributed by atoms with Crippen LogP contribution < -0.4 is 5.32 Å². The molecule has 2 rings (SSSR count). The molecule has 0 spiro atoms. The molecule has 0 unspecified atom stereocenters. The van der Waals surface area contributed by atoms with Crippen LogP contribution in [-0.4, -0.2) is 16.1 Å². The lowest BCUT2D eigenvalue weighted by Crippen LogP contribution is -2.24. The first-order valence-corrected chi connectivity index (χ1v) is 6.59. The second-order valence-electron chi connectivity index (χ2n) is 4.74. The number of rotatable bonds is 2. The average molecular weight is 288 g/mol. The zero-order valence-corrected chi connectivity index (χ0v) is 11.0. The molecule has 1 aliphatic rings. The molecule has 0 atom stereocenters. The second kappa shape index (κ2) is 5.65. The van der Waals surface area contributed by atoms with Crippen LogP contribution in [0, 0.1) is 11.7 Å². The van der Waals surface area contributed by atoms with Gasteiger partial charge in [-0.15, -0.1) is 0 Å². The molecule has 1 amide bonds. The molecule has 0 aliphatic heterocycles. The van der Waals surface area contributed by atoms with Crippen molar-refractivity contribution in [3.63, 3.8) is 0 Å². The molecule has 6 heteroatoms. The minimum Gasteiger partial charge on any atom is -0.503 e. The normalized spacial score (nSPS) is 16.3. The lowest BCUT2D eigenvalue weighted by atomic mass is 9.88. The lowest BCUT2D eigenvalue weighted by molar-refractivity contribution is -0.120. The number of amides is 1. The van der Waals surface area contributed by atoms with Gasteiger partial charge < -0.3 is 15.5 Å². The monoisotopic (exact) mass is 287 g/mol. The van der Waals surface area contributed by atoms with Crippen molar-refractivity contribution in [3.05, 3.63) is 16.9 Å². The van der Waals surface area contributed by atoms with Crippen LogP contribution in [0.5, 0.6) is 11.5 Å². The van der Waals surface area contributed by atoms with Crippen molar-refractivity contribution in [3.8, 4) is 11.5 Å². The zero-order valence-electron chi connectivity index (χ0n) is 10.2. The third-order valence-corrected chi connectivity index (χ3v) is 3.78. The number of hydrogen-bond donors (Lipinski definition) is 3. The minimum absolute atomic E-state index is 0.0231. The summed E-state index contributed by atoms with van der Waals surface area (Å²) in [7, 11) is 0. The summed E-state index contributed by atoms with van der Waals surface area (Å²) in [4.78, 5) is 12.0. The van der Waals surface area contributed by atoms with E-state index in [2.05, 4.69) is 5.32 Å². The highest BCUT2D eigenvalue weighted by Gasteiger charge is 2.23. The standard InChI is InChI=1S/C13H15ClFNO3/c14-10-9(6-8(15)11(17)12(10)18)16-13(19)7-4-2-1-3-5-7/h6-7,17-18H,1-5H2,(H,16,19). The highest BCUT2D eigenvalue weighted by Crippen LogP contribution is 2.41. The van der Waals surface area contributed by atoms with Gasteiger partial charge in [0.2, 0.25) is 5.91 Å². The van der Waals surface area contributed by atoms with Gasteiger partial charge in [-0.3, -0.25) is 4.79 Å². The molecule has 0 heterocycles. The topological polar surface area (TPSA) is 69.6 Å². The Bertz CT molecular complexity index is 501. The summed E-state index contributed by atoms with van der Waals surface area (Å²) < 4.78 is 13.3. The van der Waals surface area contributed by atoms with Crippen molar-refractivity contribution >= 4 is 23.2 Å². The van der Waals surface area contributed by atoms with Crippen molar-refractivity contribution in [2.24, 2.45) is 5.92 Å². The zero-order chi connectivity index (χ0) is 14.0. The van der Waals surface area contributed by atoms with Crippen LogP contribution in [0.1, 0.15) is 32.1 Å². The fourth-order valence-corrected chi connectivity index (χ4v) is 2.48. The Morgan fingerprint density at radius 2 is 1.89 bits per heavy atom. The van der Waals surface area contributed by atoms with E-state index in [0.717, 1.165) is 38.2 Å². The molecule has 4 nitrogen and oxygen atoms in total. The molecule has 0 saturated heterocycles. The summed E-state index contributed by atoms with van der Waals surface area (Å²) in [5.41, 5.74) is -0.0231. The number of carbonyl (C=O) groups is 1. The predicted molar refractivity (Wildman–Crippen MR) is 69.9 cm³/mol. The Labute approximate surface area is 115 Å². The van der Waals surface area contributed by atoms with Crippen LogP contribution in [-0.2, 0) is 4.79 Å². The molecule has 3 N–H and O–H groups in total. The van der Waals surface area contributed by atoms with E-state index in [9.17, 15) is 19.4 Å². The van der Waals surface area contributed by atoms with E-state index in [1.165, 1.54) is 0 Å². The number of aromatic hydroxyl groups is 2. The van der Waals surface area contributed by atoms with Crippen molar-refractivity contribution < 1.29 is 19.4 Å². The number of nitrogens with one attached hydrogen (secondary N) is 1. The van der Waals surface area contributed by atoms with Gasteiger partial charge in [-0.05, 0) is 12.8 Å². The van der Waals surface area contributed by atoms with Crippen molar-refractivity contribution in [2.45, 2.75) is 32.1 Å². The third kappa shape index (κ3) is 2.92. The van der Waals surface area contributed by atoms with Crippen molar-refractivity contribution in [1.82, 2.24) is 0 Å². The van der Waals surface area contributed by atoms with Crippen LogP contribution >= 0.6 is 11.6 Å². The fourth-order valence-electron chi connectivity index (χ4n) is 2.29. The number of carbonyl (C=O) groups excluding carboxylic acids is 1. The lowest BCUT2D eigenvalue weighted by Gasteiger charge is -2.21. The molecule has 0 radical (unpaired) electrons. The van der Waals surface area contributed by atoms with Gasteiger partial charge in [0.05, 0.1) is 5.69 Å². The summed E-state index contributed by atoms with van der Waals surface area (Å²) in [6.45, 7) is 0. The number of halogens is 2. The second-order valence-corrected chi connectivity index (χ2v) is 5.12. The Hall–Kier alpha value is -1.49. The Morgan fingerprint density at radius 1 is 1.26 bits per heavy atom. The van der Waals surface area contributed by atoms with Gasteiger partial charge >= 0.3 is 0 Å². The molecule has 19 heavy (non-hydrogen) atoms. The van der Waals surface area contributed by atoms with E-state index in [0.29, 0.717) is 0 Å². The summed E-state index contributed by atoms with van der Waals surface area (Å²) in [5.74, 6) is -3.04. The number of anilines is 1. The Kier molecular flexibility index (Phi) is 4.14. The SMILES string of the molecule is O=C(Nc1cc(F)c(O)c(O)c1Cl)C1CCCCC1. The summed E-state index contributed by atoms with van der Waals surface area (Å²) in [5, 5.41) is 20.8. The van der Waals surface area contributed by atoms with E-state index in [4.69, 9.17) is 11.6 Å². The molecule has 1 saturated carbocycles. The summed E-state index contributed by atoms with van der Waals surface area (Å²) >= 11 is 5.76. The van der Waals surface area contributed by atoms with E-state index < -0.39 is 17.3 Å². The maximum absolute atomic E-state index is 13.3. The summed E-state index contributed by atoms with van der Waals surface area (Å²) in [6, 6.07) is 0.901. The van der Waals surface area contributed by atoms with Gasteiger partial charge in [-0.2, -0.15) is 0 Å². The first-order valence-electron chi connectivity index (χ1n) is 6.21. The predicted octanol–water partition coefficient (Wildman–Crippen LogP) is 3.41. The largest absolute Gasteiger partial charge is 0.503 e. The van der Waals surface area contributed by atoms with Gasteiger partial charge in [0.15, 0.2) is 17.3 Å². The molecular weight excluding hydrogens is 273 g/mol. The Balaban J connectivity index is 2.16. The first-order chi connectivity index (χ1) is 9.00. The molecule has 1 aromatic carbocycles. The third-order valence-electron chi connectivity index (χ3n) is 3.40. The van der Waals surface area contributed by atoms with E-state index in [1.807, 2.05) is 0 Å². The maximum Gasteiger partial charge on any atom is 0.227 e. The maximum atomic E-state index is 13.3. The smallest absolute Gasteiger partial charge is 0.227 e. The van der Waals surface area contributed by atoms with E-state index in [-0.39, 0.29) is 22.5 Å². The first kappa shape index (κ1) is 13.9. The van der Waals surface area contributed by atoms with Gasteiger partial charge in [0, 0.05) is 12.0 Å². The molecular formula is C13H15ClFNO3. The van der Waals surface area contributed by atoms with Crippen LogP contribution in [0.25, 0.3) is 0 Å². The quantitative estimate of drug-likeness (QED) is 0.577. The molecule has 0 aromatic heterocycles. The van der Waals surface area contributed by atoms with Crippen LogP contribution in [0.15, 0.2) is 6.07 Å². The van der Waals surface area contributed by atoms with Crippen molar-refractivity contribution in [2.75, 3.05) is 5.32 Å². The Morgan fingerprint density at radius 3 is 2.53 bits per heavy atom. The van der Waals surface area contributed by atoms with Gasteiger partial charge in [0.25, 0.3) is 0 Å². The molecule has 1 aliphatic carbocycles. The number of phenolic OH excluding ortho intramolecular Hbond substituents is 2. The van der Waals surface area contributed by atoms with Gasteiger partial charge in [-0.1, -0.05) is 30.9 Å². The number of benzene rings is 1. The molecule has 1 fully saturated rings.